The molecule has 0 amide bonds. The van der Waals surface area contributed by atoms with Crippen LogP contribution in [0.1, 0.15) is 77.0 Å². The van der Waals surface area contributed by atoms with Crippen LogP contribution in [-0.4, -0.2) is 14.5 Å². The maximum Gasteiger partial charge on any atom is 0.121 e. The predicted octanol–water partition coefficient (Wildman–Crippen LogP) is 17.6. The Hall–Kier alpha value is -7.24. The van der Waals surface area contributed by atoms with Gasteiger partial charge in [-0.1, -0.05) is 175 Å². The number of para-hydroxylation sites is 2. The summed E-state index contributed by atoms with van der Waals surface area (Å²) in [5, 5.41) is 2.14. The standard InChI is InChI=1S/C49H39N2O.C15H15FN.Ir/c1-31(2)42-28-38(36-24-22-35(23-25-36)33-14-7-5-8-15-33)29-43(32(3)4)47(42)51-45-21-12-11-20-44(45)50-49(51)41-19-13-18-40-39-27-26-37(30-46(39)52-48(40)41)34-16-9-6-10-17-34;1-15(2,3)12-8-9-17-14(10-12)11-4-6-13(16)7-5-11;/h5-18,20-32H,1-4H3;4,6-10H,1-3H3;/q2*-1;. The fourth-order valence-electron chi connectivity index (χ4n) is 9.22. The second-order valence-corrected chi connectivity index (χ2v) is 19.4. The van der Waals surface area contributed by atoms with Crippen molar-refractivity contribution in [2.75, 3.05) is 0 Å². The zero-order valence-corrected chi connectivity index (χ0v) is 42.9. The van der Waals surface area contributed by atoms with Gasteiger partial charge in [0.1, 0.15) is 5.58 Å². The van der Waals surface area contributed by atoms with Crippen LogP contribution in [-0.2, 0) is 25.5 Å². The number of halogens is 1. The van der Waals surface area contributed by atoms with Crippen molar-refractivity contribution in [3.8, 4) is 61.7 Å². The topological polar surface area (TPSA) is 43.9 Å². The molecule has 0 aliphatic heterocycles. The van der Waals surface area contributed by atoms with Gasteiger partial charge in [0.05, 0.1) is 22.4 Å². The van der Waals surface area contributed by atoms with Gasteiger partial charge in [-0.3, -0.25) is 9.37 Å². The first kappa shape index (κ1) is 47.8. The first-order valence-electron chi connectivity index (χ1n) is 23.8. The van der Waals surface area contributed by atoms with Crippen molar-refractivity contribution in [2.24, 2.45) is 0 Å². The Labute approximate surface area is 424 Å². The van der Waals surface area contributed by atoms with Crippen molar-refractivity contribution in [3.63, 3.8) is 0 Å². The molecule has 11 aromatic rings. The Kier molecular flexibility index (Phi) is 13.7. The van der Waals surface area contributed by atoms with Gasteiger partial charge in [-0.2, -0.15) is 0 Å². The van der Waals surface area contributed by atoms with Crippen LogP contribution >= 0.6 is 0 Å². The van der Waals surface area contributed by atoms with Gasteiger partial charge in [-0.05, 0) is 109 Å². The number of aromatic nitrogens is 3. The summed E-state index contributed by atoms with van der Waals surface area (Å²) in [4.78, 5) is 9.64. The Morgan fingerprint density at radius 1 is 0.586 bits per heavy atom. The number of hydrogen-bond acceptors (Lipinski definition) is 3. The fourth-order valence-corrected chi connectivity index (χ4v) is 9.22. The minimum Gasteiger partial charge on any atom is -0.501 e. The first-order valence-corrected chi connectivity index (χ1v) is 23.8. The van der Waals surface area contributed by atoms with Crippen LogP contribution in [0, 0.1) is 17.9 Å². The average Bonchev–Trinajstić information content (AvgIpc) is 3.95. The van der Waals surface area contributed by atoms with Crippen molar-refractivity contribution in [1.29, 1.82) is 0 Å². The van der Waals surface area contributed by atoms with E-state index in [9.17, 15) is 4.39 Å². The third kappa shape index (κ3) is 9.55. The summed E-state index contributed by atoms with van der Waals surface area (Å²) >= 11 is 0. The van der Waals surface area contributed by atoms with Gasteiger partial charge in [0, 0.05) is 43.2 Å². The van der Waals surface area contributed by atoms with Crippen molar-refractivity contribution >= 4 is 33.0 Å². The molecule has 1 radical (unpaired) electrons. The van der Waals surface area contributed by atoms with Crippen molar-refractivity contribution in [3.05, 3.63) is 223 Å². The zero-order chi connectivity index (χ0) is 47.8. The van der Waals surface area contributed by atoms with E-state index < -0.39 is 0 Å². The summed E-state index contributed by atoms with van der Waals surface area (Å²) < 4.78 is 22.0. The molecule has 0 bridgehead atoms. The fraction of sp³-hybridized carbons (Fsp3) is 0.156. The monoisotopic (exact) mass is 1090 g/mol. The first-order chi connectivity index (χ1) is 33.4. The Morgan fingerprint density at radius 2 is 1.19 bits per heavy atom. The Balaban J connectivity index is 0.000000286. The third-order valence-electron chi connectivity index (χ3n) is 13.0. The molecule has 4 nitrogen and oxygen atoms in total. The minimum atomic E-state index is -0.277. The molecule has 11 rings (SSSR count). The van der Waals surface area contributed by atoms with Crippen LogP contribution in [0.5, 0.6) is 0 Å². The number of pyridine rings is 1. The largest absolute Gasteiger partial charge is 0.501 e. The van der Waals surface area contributed by atoms with Crippen LogP contribution in [0.15, 0.2) is 193 Å². The normalized spacial score (nSPS) is 11.6. The molecule has 0 aliphatic carbocycles. The molecule has 0 atom stereocenters. The number of imidazole rings is 1. The van der Waals surface area contributed by atoms with E-state index in [0.717, 1.165) is 66.7 Å². The Bertz CT molecular complexity index is 3560. The van der Waals surface area contributed by atoms with Crippen molar-refractivity contribution in [1.82, 2.24) is 14.5 Å². The molecule has 6 heteroatoms. The van der Waals surface area contributed by atoms with Gasteiger partial charge in [0.25, 0.3) is 0 Å². The molecule has 0 saturated heterocycles. The average molecular weight is 1090 g/mol. The van der Waals surface area contributed by atoms with E-state index >= 15 is 0 Å². The molecular formula is C64H54FIrN3O-2. The second kappa shape index (κ2) is 20.0. The molecular weight excluding hydrogens is 1040 g/mol. The molecule has 0 fully saturated rings. The van der Waals surface area contributed by atoms with E-state index in [2.05, 4.69) is 210 Å². The molecule has 70 heavy (non-hydrogen) atoms. The molecule has 0 aliphatic rings. The Morgan fingerprint density at radius 3 is 1.81 bits per heavy atom. The number of benzene rings is 8. The molecule has 0 N–H and O–H groups in total. The number of fused-ring (bicyclic) bond motifs is 4. The van der Waals surface area contributed by atoms with Gasteiger partial charge in [-0.25, -0.2) is 0 Å². The second-order valence-electron chi connectivity index (χ2n) is 19.4. The number of furan rings is 1. The zero-order valence-electron chi connectivity index (χ0n) is 40.5. The SMILES string of the molecule is CC(C)(C)c1ccnc(-c2[c-]cc(F)cc2)c1.CC(C)c1cc(-c2ccc(-c3ccccc3)cc2)cc(C(C)C)c1-n1c(-c2[c-]ccc3c2oc2cc(-c4ccccc4)ccc23)nc2ccccc21.[Ir]. The molecule has 8 aromatic carbocycles. The van der Waals surface area contributed by atoms with E-state index in [-0.39, 0.29) is 43.2 Å². The summed E-state index contributed by atoms with van der Waals surface area (Å²) in [6.07, 6.45) is 1.78. The maximum absolute atomic E-state index is 12.8. The summed E-state index contributed by atoms with van der Waals surface area (Å²) in [6.45, 7) is 15.6. The van der Waals surface area contributed by atoms with Crippen LogP contribution in [0.2, 0.25) is 0 Å². The van der Waals surface area contributed by atoms with Crippen molar-refractivity contribution < 1.29 is 28.9 Å². The van der Waals surface area contributed by atoms with Gasteiger partial charge >= 0.3 is 0 Å². The molecule has 3 aromatic heterocycles. The van der Waals surface area contributed by atoms with Crippen LogP contribution < -0.4 is 0 Å². The van der Waals surface area contributed by atoms with Gasteiger partial charge < -0.3 is 14.0 Å². The summed E-state index contributed by atoms with van der Waals surface area (Å²) in [6, 6.07) is 68.8. The summed E-state index contributed by atoms with van der Waals surface area (Å²) in [7, 11) is 0. The molecule has 0 spiro atoms. The van der Waals surface area contributed by atoms with E-state index in [1.165, 1.54) is 56.8 Å². The van der Waals surface area contributed by atoms with Crippen molar-refractivity contribution in [2.45, 2.75) is 65.7 Å². The quantitative estimate of drug-likeness (QED) is 0.142. The van der Waals surface area contributed by atoms with E-state index in [0.29, 0.717) is 0 Å². The van der Waals surface area contributed by atoms with E-state index in [4.69, 9.17) is 9.40 Å². The van der Waals surface area contributed by atoms with E-state index in [1.807, 2.05) is 24.3 Å². The number of hydrogen-bond donors (Lipinski definition) is 0. The van der Waals surface area contributed by atoms with Gasteiger partial charge in [0.2, 0.25) is 0 Å². The molecule has 0 saturated carbocycles. The number of rotatable bonds is 8. The van der Waals surface area contributed by atoms with Crippen LogP contribution in [0.4, 0.5) is 4.39 Å². The molecule has 349 valence electrons. The predicted molar refractivity (Wildman–Crippen MR) is 284 cm³/mol. The summed E-state index contributed by atoms with van der Waals surface area (Å²) in [5.74, 6) is 1.07. The van der Waals surface area contributed by atoms with Crippen LogP contribution in [0.25, 0.3) is 94.7 Å². The van der Waals surface area contributed by atoms with Gasteiger partial charge in [0.15, 0.2) is 0 Å². The van der Waals surface area contributed by atoms with Crippen LogP contribution in [0.3, 0.4) is 0 Å². The maximum atomic E-state index is 12.8. The van der Waals surface area contributed by atoms with E-state index in [1.54, 1.807) is 12.3 Å². The number of nitrogens with zero attached hydrogens (tertiary/aromatic N) is 3. The third-order valence-corrected chi connectivity index (χ3v) is 13.0. The minimum absolute atomic E-state index is 0. The smallest absolute Gasteiger partial charge is 0.121 e. The molecule has 0 unspecified atom stereocenters. The summed E-state index contributed by atoms with van der Waals surface area (Å²) in [5.41, 5.74) is 18.4. The molecule has 3 heterocycles. The van der Waals surface area contributed by atoms with Gasteiger partial charge in [-0.15, -0.1) is 48.0 Å².